The highest BCUT2D eigenvalue weighted by Gasteiger charge is 2.13. The average molecular weight is 369 g/mol. The van der Waals surface area contributed by atoms with Gasteiger partial charge in [0, 0.05) is 5.69 Å². The molecule has 1 heterocycles. The predicted octanol–water partition coefficient (Wildman–Crippen LogP) is 3.02. The van der Waals surface area contributed by atoms with E-state index >= 15 is 0 Å². The van der Waals surface area contributed by atoms with Crippen LogP contribution in [0.2, 0.25) is 0 Å². The number of methoxy groups -OCH3 is 1. The van der Waals surface area contributed by atoms with Gasteiger partial charge in [-0.15, -0.1) is 5.10 Å². The number of rotatable bonds is 6. The molecule has 0 radical (unpaired) electrons. The minimum atomic E-state index is -0.123. The summed E-state index contributed by atoms with van der Waals surface area (Å²) in [5.41, 5.74) is 3.65. The number of tetrazole rings is 1. The molecule has 0 unspecified atom stereocenters. The van der Waals surface area contributed by atoms with Crippen molar-refractivity contribution < 1.29 is 9.53 Å². The average Bonchev–Trinajstić information content (AvgIpc) is 3.10. The summed E-state index contributed by atoms with van der Waals surface area (Å²) in [5.74, 6) is 0.840. The van der Waals surface area contributed by atoms with Crippen LogP contribution in [0.5, 0.6) is 5.75 Å². The lowest BCUT2D eigenvalue weighted by Crippen LogP contribution is -2.15. The zero-order chi connectivity index (χ0) is 18.5. The van der Waals surface area contributed by atoms with E-state index in [4.69, 9.17) is 4.74 Å². The molecule has 2 aromatic carbocycles. The van der Waals surface area contributed by atoms with Crippen molar-refractivity contribution >= 4 is 23.4 Å². The van der Waals surface area contributed by atoms with E-state index < -0.39 is 0 Å². The van der Waals surface area contributed by atoms with Crippen molar-refractivity contribution in [1.29, 1.82) is 0 Å². The van der Waals surface area contributed by atoms with Crippen LogP contribution >= 0.6 is 11.8 Å². The maximum absolute atomic E-state index is 12.3. The number of amides is 1. The van der Waals surface area contributed by atoms with Gasteiger partial charge in [0.25, 0.3) is 0 Å². The number of nitrogens with zero attached hydrogens (tertiary/aromatic N) is 4. The number of benzene rings is 2. The number of hydrogen-bond acceptors (Lipinski definition) is 6. The lowest BCUT2D eigenvalue weighted by molar-refractivity contribution is -0.113. The van der Waals surface area contributed by atoms with Crippen LogP contribution in [0.4, 0.5) is 5.69 Å². The smallest absolute Gasteiger partial charge is 0.234 e. The molecule has 8 heteroatoms. The molecular weight excluding hydrogens is 350 g/mol. The second-order valence-electron chi connectivity index (χ2n) is 5.68. The number of anilines is 1. The first-order valence-electron chi connectivity index (χ1n) is 8.00. The van der Waals surface area contributed by atoms with E-state index in [0.717, 1.165) is 28.3 Å². The number of aromatic nitrogens is 4. The minimum Gasteiger partial charge on any atom is -0.497 e. The largest absolute Gasteiger partial charge is 0.497 e. The van der Waals surface area contributed by atoms with Gasteiger partial charge < -0.3 is 10.1 Å². The van der Waals surface area contributed by atoms with Gasteiger partial charge in [-0.2, -0.15) is 4.68 Å². The summed E-state index contributed by atoms with van der Waals surface area (Å²) in [7, 11) is 1.61. The Hall–Kier alpha value is -2.87. The third kappa shape index (κ3) is 4.02. The Bertz CT molecular complexity index is 925. The Kier molecular flexibility index (Phi) is 5.52. The van der Waals surface area contributed by atoms with E-state index in [9.17, 15) is 4.79 Å². The highest BCUT2D eigenvalue weighted by Crippen LogP contribution is 2.23. The van der Waals surface area contributed by atoms with Crippen molar-refractivity contribution in [3.05, 3.63) is 53.6 Å². The molecule has 0 aliphatic heterocycles. The van der Waals surface area contributed by atoms with Crippen molar-refractivity contribution in [2.45, 2.75) is 19.0 Å². The number of carbonyl (C=O) groups excluding carboxylic acids is 1. The zero-order valence-electron chi connectivity index (χ0n) is 14.8. The van der Waals surface area contributed by atoms with Crippen molar-refractivity contribution in [2.75, 3.05) is 18.2 Å². The van der Waals surface area contributed by atoms with E-state index in [-0.39, 0.29) is 11.7 Å². The minimum absolute atomic E-state index is 0.123. The molecule has 3 rings (SSSR count). The van der Waals surface area contributed by atoms with Gasteiger partial charge in [0.2, 0.25) is 11.1 Å². The lowest BCUT2D eigenvalue weighted by Gasteiger charge is -2.10. The van der Waals surface area contributed by atoms with Gasteiger partial charge in [-0.05, 0) is 59.7 Å². The van der Waals surface area contributed by atoms with Crippen LogP contribution in [-0.2, 0) is 4.79 Å². The van der Waals surface area contributed by atoms with Gasteiger partial charge in [0.15, 0.2) is 0 Å². The maximum Gasteiger partial charge on any atom is 0.234 e. The first-order chi connectivity index (χ1) is 12.6. The Balaban J connectivity index is 1.66. The highest BCUT2D eigenvalue weighted by atomic mass is 32.2. The molecule has 134 valence electrons. The summed E-state index contributed by atoms with van der Waals surface area (Å²) in [5, 5.41) is 15.3. The van der Waals surface area contributed by atoms with Crippen LogP contribution in [0.3, 0.4) is 0 Å². The van der Waals surface area contributed by atoms with E-state index in [1.807, 2.05) is 56.3 Å². The molecule has 0 saturated heterocycles. The predicted molar refractivity (Wildman–Crippen MR) is 101 cm³/mol. The number of para-hydroxylation sites is 1. The Morgan fingerprint density at radius 3 is 2.73 bits per heavy atom. The Morgan fingerprint density at radius 2 is 2.00 bits per heavy atom. The number of hydrogen-bond donors (Lipinski definition) is 1. The fraction of sp³-hybridized carbons (Fsp3) is 0.222. The number of ether oxygens (including phenoxy) is 1. The third-order valence-corrected chi connectivity index (χ3v) is 4.74. The molecule has 0 aliphatic rings. The second kappa shape index (κ2) is 8.01. The molecule has 0 bridgehead atoms. The van der Waals surface area contributed by atoms with Gasteiger partial charge >= 0.3 is 0 Å². The Labute approximate surface area is 155 Å². The highest BCUT2D eigenvalue weighted by molar-refractivity contribution is 7.99. The molecule has 1 amide bonds. The van der Waals surface area contributed by atoms with Crippen LogP contribution in [0.15, 0.2) is 47.6 Å². The quantitative estimate of drug-likeness (QED) is 0.673. The normalized spacial score (nSPS) is 10.6. The number of thioether (sulfide) groups is 1. The van der Waals surface area contributed by atoms with Crippen LogP contribution < -0.4 is 10.1 Å². The molecule has 0 atom stereocenters. The molecule has 0 fully saturated rings. The van der Waals surface area contributed by atoms with Crippen molar-refractivity contribution in [3.63, 3.8) is 0 Å². The molecule has 3 aromatic rings. The SMILES string of the molecule is COc1ccc(NC(=O)CSc2nnnn2-c2ccccc2C)c(C)c1. The molecule has 7 nitrogen and oxygen atoms in total. The molecule has 0 saturated carbocycles. The van der Waals surface area contributed by atoms with E-state index in [1.54, 1.807) is 11.8 Å². The van der Waals surface area contributed by atoms with Crippen LogP contribution in [0.25, 0.3) is 5.69 Å². The van der Waals surface area contributed by atoms with E-state index in [0.29, 0.717) is 5.16 Å². The summed E-state index contributed by atoms with van der Waals surface area (Å²) in [6.07, 6.45) is 0. The van der Waals surface area contributed by atoms with Crippen LogP contribution in [0.1, 0.15) is 11.1 Å². The van der Waals surface area contributed by atoms with Gasteiger partial charge in [-0.3, -0.25) is 4.79 Å². The summed E-state index contributed by atoms with van der Waals surface area (Å²) >= 11 is 1.29. The number of nitrogens with one attached hydrogen (secondary N) is 1. The first-order valence-corrected chi connectivity index (χ1v) is 8.98. The summed E-state index contributed by atoms with van der Waals surface area (Å²) in [6, 6.07) is 13.3. The summed E-state index contributed by atoms with van der Waals surface area (Å²) < 4.78 is 6.82. The molecule has 26 heavy (non-hydrogen) atoms. The monoisotopic (exact) mass is 369 g/mol. The summed E-state index contributed by atoms with van der Waals surface area (Å²) in [6.45, 7) is 3.91. The topological polar surface area (TPSA) is 81.9 Å². The van der Waals surface area contributed by atoms with Gasteiger partial charge in [0.05, 0.1) is 18.6 Å². The third-order valence-electron chi connectivity index (χ3n) is 3.82. The van der Waals surface area contributed by atoms with Crippen LogP contribution in [-0.4, -0.2) is 39.0 Å². The van der Waals surface area contributed by atoms with Crippen molar-refractivity contribution in [2.24, 2.45) is 0 Å². The molecule has 0 spiro atoms. The van der Waals surface area contributed by atoms with E-state index in [1.165, 1.54) is 11.8 Å². The number of aryl methyl sites for hydroxylation is 2. The van der Waals surface area contributed by atoms with Crippen molar-refractivity contribution in [3.8, 4) is 11.4 Å². The zero-order valence-corrected chi connectivity index (χ0v) is 15.6. The fourth-order valence-corrected chi connectivity index (χ4v) is 3.12. The second-order valence-corrected chi connectivity index (χ2v) is 6.62. The molecular formula is C18H19N5O2S. The standard InChI is InChI=1S/C18H19N5O2S/c1-12-6-4-5-7-16(12)23-18(20-21-22-23)26-11-17(24)19-15-9-8-14(25-3)10-13(15)2/h4-10H,11H2,1-3H3,(H,19,24). The fourth-order valence-electron chi connectivity index (χ4n) is 2.44. The van der Waals surface area contributed by atoms with E-state index in [2.05, 4.69) is 20.8 Å². The van der Waals surface area contributed by atoms with Gasteiger partial charge in [-0.1, -0.05) is 30.0 Å². The maximum atomic E-state index is 12.3. The Morgan fingerprint density at radius 1 is 1.19 bits per heavy atom. The van der Waals surface area contributed by atoms with Crippen LogP contribution in [0, 0.1) is 13.8 Å². The molecule has 0 aliphatic carbocycles. The lowest BCUT2D eigenvalue weighted by atomic mass is 10.2. The van der Waals surface area contributed by atoms with Gasteiger partial charge in [-0.25, -0.2) is 0 Å². The van der Waals surface area contributed by atoms with Crippen molar-refractivity contribution in [1.82, 2.24) is 20.2 Å². The first kappa shape index (κ1) is 17.9. The molecule has 1 N–H and O–H groups in total. The molecule has 1 aromatic heterocycles. The van der Waals surface area contributed by atoms with Gasteiger partial charge in [0.1, 0.15) is 5.75 Å². The number of carbonyl (C=O) groups is 1. The summed E-state index contributed by atoms with van der Waals surface area (Å²) in [4.78, 5) is 12.3.